The van der Waals surface area contributed by atoms with Gasteiger partial charge in [-0.05, 0) is 12.1 Å². The number of hydrogen-bond acceptors (Lipinski definition) is 6. The van der Waals surface area contributed by atoms with Crippen LogP contribution in [0.3, 0.4) is 0 Å². The van der Waals surface area contributed by atoms with E-state index in [-0.39, 0.29) is 0 Å². The Morgan fingerprint density at radius 3 is 2.44 bits per heavy atom. The summed E-state index contributed by atoms with van der Waals surface area (Å²) < 4.78 is 31.6. The van der Waals surface area contributed by atoms with Gasteiger partial charge in [-0.2, -0.15) is 0 Å². The summed E-state index contributed by atoms with van der Waals surface area (Å²) in [5, 5.41) is 23.5. The van der Waals surface area contributed by atoms with Crippen molar-refractivity contribution in [3.63, 3.8) is 0 Å². The average molecular weight is 353 g/mol. The molecule has 1 N–H and O–H groups in total. The number of halogens is 2. The van der Waals surface area contributed by atoms with Gasteiger partial charge in [0.2, 0.25) is 5.75 Å². The molecule has 0 bridgehead atoms. The molecule has 0 radical (unpaired) electrons. The van der Waals surface area contributed by atoms with Crippen LogP contribution in [0, 0.1) is 31.9 Å². The molecule has 2 aromatic rings. The molecule has 0 unspecified atom stereocenters. The highest BCUT2D eigenvalue weighted by atomic mass is 19.1. The van der Waals surface area contributed by atoms with Crippen LogP contribution in [0.15, 0.2) is 36.4 Å². The number of nitro benzene ring substituents is 2. The SMILES string of the molecule is O=C(COc1cc(F)ccc1[N+](=O)[O-])Nc1cc([N+](=O)[O-])ccc1F. The zero-order valence-corrected chi connectivity index (χ0v) is 12.3. The highest BCUT2D eigenvalue weighted by molar-refractivity contribution is 5.92. The van der Waals surface area contributed by atoms with Crippen molar-refractivity contribution in [1.29, 1.82) is 0 Å². The van der Waals surface area contributed by atoms with Gasteiger partial charge < -0.3 is 10.1 Å². The first-order valence-electron chi connectivity index (χ1n) is 6.58. The molecule has 0 aliphatic carbocycles. The molecule has 0 atom stereocenters. The van der Waals surface area contributed by atoms with Crippen LogP contribution in [-0.2, 0) is 4.79 Å². The van der Waals surface area contributed by atoms with Crippen LogP contribution in [0.2, 0.25) is 0 Å². The minimum atomic E-state index is -0.946. The maximum Gasteiger partial charge on any atom is 0.311 e. The Bertz CT molecular complexity index is 858. The Hall–Kier alpha value is -3.63. The quantitative estimate of drug-likeness (QED) is 0.629. The van der Waals surface area contributed by atoms with Crippen LogP contribution in [0.25, 0.3) is 0 Å². The predicted octanol–water partition coefficient (Wildman–Crippen LogP) is 2.80. The van der Waals surface area contributed by atoms with Crippen molar-refractivity contribution in [2.24, 2.45) is 0 Å². The van der Waals surface area contributed by atoms with Gasteiger partial charge in [-0.1, -0.05) is 0 Å². The Morgan fingerprint density at radius 2 is 1.80 bits per heavy atom. The standard InChI is InChI=1S/C14H9F2N3O6/c15-8-1-4-12(19(23)24)13(5-8)25-7-14(20)17-11-6-9(18(21)22)2-3-10(11)16/h1-6H,7H2,(H,17,20). The van der Waals surface area contributed by atoms with E-state index in [1.54, 1.807) is 0 Å². The second-order valence-electron chi connectivity index (χ2n) is 4.63. The summed E-state index contributed by atoms with van der Waals surface area (Å²) in [7, 11) is 0. The highest BCUT2D eigenvalue weighted by Crippen LogP contribution is 2.27. The van der Waals surface area contributed by atoms with Crippen LogP contribution in [-0.4, -0.2) is 22.4 Å². The minimum absolute atomic E-state index is 0.446. The van der Waals surface area contributed by atoms with Crippen LogP contribution in [0.4, 0.5) is 25.8 Å². The third-order valence-corrected chi connectivity index (χ3v) is 2.91. The number of nitrogens with one attached hydrogen (secondary N) is 1. The molecule has 130 valence electrons. The van der Waals surface area contributed by atoms with Crippen LogP contribution in [0.1, 0.15) is 0 Å². The van der Waals surface area contributed by atoms with E-state index in [0.29, 0.717) is 0 Å². The molecule has 2 aromatic carbocycles. The number of hydrogen-bond donors (Lipinski definition) is 1. The summed E-state index contributed by atoms with van der Waals surface area (Å²) in [6.07, 6.45) is 0. The Kier molecular flexibility index (Phi) is 5.17. The van der Waals surface area contributed by atoms with Gasteiger partial charge >= 0.3 is 5.69 Å². The van der Waals surface area contributed by atoms with E-state index in [9.17, 15) is 33.8 Å². The molecule has 9 nitrogen and oxygen atoms in total. The average Bonchev–Trinajstić information content (AvgIpc) is 2.54. The third kappa shape index (κ3) is 4.43. The van der Waals surface area contributed by atoms with E-state index in [1.807, 2.05) is 5.32 Å². The Labute approximate surface area is 138 Å². The molecular weight excluding hydrogens is 344 g/mol. The number of benzene rings is 2. The monoisotopic (exact) mass is 353 g/mol. The van der Waals surface area contributed by atoms with E-state index in [1.165, 1.54) is 0 Å². The largest absolute Gasteiger partial charge is 0.477 e. The number of amides is 1. The molecule has 0 heterocycles. The van der Waals surface area contributed by atoms with Crippen molar-refractivity contribution in [3.05, 3.63) is 68.3 Å². The second-order valence-corrected chi connectivity index (χ2v) is 4.63. The fraction of sp³-hybridized carbons (Fsp3) is 0.0714. The predicted molar refractivity (Wildman–Crippen MR) is 80.2 cm³/mol. The molecule has 0 aliphatic rings. The van der Waals surface area contributed by atoms with Crippen molar-refractivity contribution >= 4 is 23.0 Å². The topological polar surface area (TPSA) is 125 Å². The molecule has 0 saturated carbocycles. The number of non-ortho nitro benzene ring substituents is 1. The smallest absolute Gasteiger partial charge is 0.311 e. The van der Waals surface area contributed by atoms with Crippen molar-refractivity contribution in [2.75, 3.05) is 11.9 Å². The van der Waals surface area contributed by atoms with Crippen molar-refractivity contribution < 1.29 is 28.2 Å². The maximum atomic E-state index is 13.6. The highest BCUT2D eigenvalue weighted by Gasteiger charge is 2.18. The summed E-state index contributed by atoms with van der Waals surface area (Å²) in [6, 6.07) is 4.95. The summed E-state index contributed by atoms with van der Waals surface area (Å²) in [4.78, 5) is 31.6. The lowest BCUT2D eigenvalue weighted by Gasteiger charge is -2.08. The van der Waals surface area contributed by atoms with Gasteiger partial charge in [-0.3, -0.25) is 25.0 Å². The molecule has 0 saturated heterocycles. The van der Waals surface area contributed by atoms with Gasteiger partial charge in [-0.25, -0.2) is 8.78 Å². The van der Waals surface area contributed by atoms with Crippen molar-refractivity contribution in [1.82, 2.24) is 0 Å². The number of rotatable bonds is 6. The zero-order chi connectivity index (χ0) is 18.6. The normalized spacial score (nSPS) is 10.2. The number of ether oxygens (including phenoxy) is 1. The van der Waals surface area contributed by atoms with E-state index in [4.69, 9.17) is 4.74 Å². The molecule has 0 spiro atoms. The molecule has 0 aliphatic heterocycles. The lowest BCUT2D eigenvalue weighted by atomic mass is 10.2. The lowest BCUT2D eigenvalue weighted by molar-refractivity contribution is -0.385. The molecule has 0 aromatic heterocycles. The fourth-order valence-corrected chi connectivity index (χ4v) is 1.81. The first-order valence-corrected chi connectivity index (χ1v) is 6.58. The molecule has 1 amide bonds. The van der Waals surface area contributed by atoms with Gasteiger partial charge in [0.25, 0.3) is 11.6 Å². The molecule has 25 heavy (non-hydrogen) atoms. The molecule has 11 heteroatoms. The Balaban J connectivity index is 2.09. The molecule has 0 fully saturated rings. The van der Waals surface area contributed by atoms with Crippen LogP contribution >= 0.6 is 0 Å². The van der Waals surface area contributed by atoms with Gasteiger partial charge in [0.15, 0.2) is 6.61 Å². The maximum absolute atomic E-state index is 13.6. The van der Waals surface area contributed by atoms with Crippen molar-refractivity contribution in [2.45, 2.75) is 0 Å². The van der Waals surface area contributed by atoms with Crippen LogP contribution < -0.4 is 10.1 Å². The minimum Gasteiger partial charge on any atom is -0.477 e. The summed E-state index contributed by atoms with van der Waals surface area (Å²) in [5.74, 6) is -3.17. The number of nitrogens with zero attached hydrogens (tertiary/aromatic N) is 2. The summed E-state index contributed by atoms with van der Waals surface area (Å²) >= 11 is 0. The summed E-state index contributed by atoms with van der Waals surface area (Å²) in [5.41, 5.74) is -1.47. The number of anilines is 1. The van der Waals surface area contributed by atoms with E-state index < -0.39 is 56.8 Å². The zero-order valence-electron chi connectivity index (χ0n) is 12.3. The number of carbonyl (C=O) groups is 1. The molecular formula is C14H9F2N3O6. The first-order chi connectivity index (χ1) is 11.8. The van der Waals surface area contributed by atoms with E-state index in [0.717, 1.165) is 36.4 Å². The van der Waals surface area contributed by atoms with Gasteiger partial charge in [0, 0.05) is 24.3 Å². The first kappa shape index (κ1) is 17.7. The van der Waals surface area contributed by atoms with Gasteiger partial charge in [-0.15, -0.1) is 0 Å². The summed E-state index contributed by atoms with van der Waals surface area (Å²) in [6.45, 7) is -0.799. The van der Waals surface area contributed by atoms with Gasteiger partial charge in [0.05, 0.1) is 15.5 Å². The fourth-order valence-electron chi connectivity index (χ4n) is 1.81. The van der Waals surface area contributed by atoms with Crippen LogP contribution in [0.5, 0.6) is 5.75 Å². The Morgan fingerprint density at radius 1 is 1.08 bits per heavy atom. The van der Waals surface area contributed by atoms with Gasteiger partial charge in [0.1, 0.15) is 11.6 Å². The van der Waals surface area contributed by atoms with E-state index >= 15 is 0 Å². The second kappa shape index (κ2) is 7.29. The number of carbonyl (C=O) groups excluding carboxylic acids is 1. The van der Waals surface area contributed by atoms with E-state index in [2.05, 4.69) is 0 Å². The number of nitro groups is 2. The lowest BCUT2D eigenvalue weighted by Crippen LogP contribution is -2.21. The molecule has 2 rings (SSSR count). The third-order valence-electron chi connectivity index (χ3n) is 2.91. The van der Waals surface area contributed by atoms with Crippen molar-refractivity contribution in [3.8, 4) is 5.75 Å².